The molecule has 0 saturated carbocycles. The van der Waals surface area contributed by atoms with Gasteiger partial charge < -0.3 is 5.73 Å². The number of nitrogens with zero attached hydrogens (tertiary/aromatic N) is 2. The Morgan fingerprint density at radius 1 is 1.35 bits per heavy atom. The second-order valence-corrected chi connectivity index (χ2v) is 6.11. The van der Waals surface area contributed by atoms with Crippen LogP contribution in [0.25, 0.3) is 0 Å². The van der Waals surface area contributed by atoms with Gasteiger partial charge >= 0.3 is 0 Å². The SMILES string of the molecule is Cc1c(CN2C3CCC2CC(N)C3)cccc1[N+](=O)[O-]. The summed E-state index contributed by atoms with van der Waals surface area (Å²) in [7, 11) is 0. The molecule has 2 N–H and O–H groups in total. The zero-order valence-electron chi connectivity index (χ0n) is 11.8. The van der Waals surface area contributed by atoms with E-state index in [1.807, 2.05) is 13.0 Å². The van der Waals surface area contributed by atoms with Crippen molar-refractivity contribution < 1.29 is 4.92 Å². The molecule has 2 aliphatic heterocycles. The molecule has 1 aromatic rings. The highest BCUT2D eigenvalue weighted by atomic mass is 16.6. The van der Waals surface area contributed by atoms with Crippen LogP contribution in [-0.2, 0) is 6.54 Å². The van der Waals surface area contributed by atoms with E-state index in [2.05, 4.69) is 4.90 Å². The van der Waals surface area contributed by atoms with E-state index >= 15 is 0 Å². The lowest BCUT2D eigenvalue weighted by atomic mass is 9.96. The van der Waals surface area contributed by atoms with Crippen molar-refractivity contribution in [3.63, 3.8) is 0 Å². The van der Waals surface area contributed by atoms with Crippen LogP contribution in [0, 0.1) is 17.0 Å². The van der Waals surface area contributed by atoms with Crippen LogP contribution in [0.3, 0.4) is 0 Å². The molecule has 2 fully saturated rings. The zero-order chi connectivity index (χ0) is 14.3. The molecule has 0 aliphatic carbocycles. The molecular weight excluding hydrogens is 254 g/mol. The molecule has 1 aromatic carbocycles. The number of benzene rings is 1. The van der Waals surface area contributed by atoms with Crippen molar-refractivity contribution in [2.75, 3.05) is 0 Å². The van der Waals surface area contributed by atoms with Crippen LogP contribution in [0.1, 0.15) is 36.8 Å². The van der Waals surface area contributed by atoms with Crippen LogP contribution < -0.4 is 5.73 Å². The molecule has 0 radical (unpaired) electrons. The molecule has 2 heterocycles. The van der Waals surface area contributed by atoms with Gasteiger partial charge in [0.25, 0.3) is 5.69 Å². The molecule has 2 bridgehead atoms. The first-order chi connectivity index (χ1) is 9.56. The zero-order valence-corrected chi connectivity index (χ0v) is 11.8. The van der Waals surface area contributed by atoms with E-state index in [1.165, 1.54) is 12.8 Å². The van der Waals surface area contributed by atoms with Crippen LogP contribution in [0.2, 0.25) is 0 Å². The average molecular weight is 275 g/mol. The van der Waals surface area contributed by atoms with Crippen molar-refractivity contribution in [1.82, 2.24) is 4.90 Å². The van der Waals surface area contributed by atoms with Gasteiger partial charge in [-0.3, -0.25) is 15.0 Å². The molecule has 0 spiro atoms. The smallest absolute Gasteiger partial charge is 0.272 e. The highest BCUT2D eigenvalue weighted by Gasteiger charge is 2.39. The van der Waals surface area contributed by atoms with Crippen LogP contribution >= 0.6 is 0 Å². The van der Waals surface area contributed by atoms with Gasteiger partial charge in [0.15, 0.2) is 0 Å². The van der Waals surface area contributed by atoms with Gasteiger partial charge in [-0.25, -0.2) is 0 Å². The van der Waals surface area contributed by atoms with Crippen molar-refractivity contribution in [2.24, 2.45) is 5.73 Å². The number of hydrogen-bond acceptors (Lipinski definition) is 4. The Morgan fingerprint density at radius 3 is 2.60 bits per heavy atom. The minimum absolute atomic E-state index is 0.226. The van der Waals surface area contributed by atoms with E-state index in [0.29, 0.717) is 18.1 Å². The molecule has 0 aromatic heterocycles. The highest BCUT2D eigenvalue weighted by Crippen LogP contribution is 2.37. The number of rotatable bonds is 3. The van der Waals surface area contributed by atoms with Crippen LogP contribution in [0.5, 0.6) is 0 Å². The van der Waals surface area contributed by atoms with Gasteiger partial charge in [-0.15, -0.1) is 0 Å². The van der Waals surface area contributed by atoms with Crippen molar-refractivity contribution in [3.05, 3.63) is 39.4 Å². The van der Waals surface area contributed by atoms with Crippen molar-refractivity contribution in [2.45, 2.75) is 57.3 Å². The molecule has 2 aliphatic rings. The first-order valence-corrected chi connectivity index (χ1v) is 7.30. The number of piperidine rings is 1. The minimum atomic E-state index is -0.292. The monoisotopic (exact) mass is 275 g/mol. The summed E-state index contributed by atoms with van der Waals surface area (Å²) in [5.74, 6) is 0. The lowest BCUT2D eigenvalue weighted by Gasteiger charge is -2.37. The Bertz CT molecular complexity index is 518. The second-order valence-electron chi connectivity index (χ2n) is 6.11. The van der Waals surface area contributed by atoms with Crippen LogP contribution in [-0.4, -0.2) is 27.9 Å². The van der Waals surface area contributed by atoms with Gasteiger partial charge in [0.2, 0.25) is 0 Å². The molecule has 2 saturated heterocycles. The third-order valence-corrected chi connectivity index (χ3v) is 4.89. The Kier molecular flexibility index (Phi) is 3.48. The Hall–Kier alpha value is -1.46. The van der Waals surface area contributed by atoms with Crippen LogP contribution in [0.15, 0.2) is 18.2 Å². The number of hydrogen-bond donors (Lipinski definition) is 1. The average Bonchev–Trinajstić information content (AvgIpc) is 2.64. The second kappa shape index (κ2) is 5.14. The predicted octanol–water partition coefficient (Wildman–Crippen LogP) is 2.36. The van der Waals surface area contributed by atoms with E-state index in [9.17, 15) is 10.1 Å². The van der Waals surface area contributed by atoms with E-state index in [4.69, 9.17) is 5.73 Å². The molecular formula is C15H21N3O2. The van der Waals surface area contributed by atoms with E-state index in [1.54, 1.807) is 12.1 Å². The van der Waals surface area contributed by atoms with E-state index in [0.717, 1.165) is 30.5 Å². The van der Waals surface area contributed by atoms with Gasteiger partial charge in [0.05, 0.1) is 4.92 Å². The summed E-state index contributed by atoms with van der Waals surface area (Å²) in [5, 5.41) is 11.0. The van der Waals surface area contributed by atoms with Crippen molar-refractivity contribution >= 4 is 5.69 Å². The fourth-order valence-electron chi connectivity index (χ4n) is 3.81. The summed E-state index contributed by atoms with van der Waals surface area (Å²) >= 11 is 0. The minimum Gasteiger partial charge on any atom is -0.328 e. The maximum atomic E-state index is 11.0. The lowest BCUT2D eigenvalue weighted by Crippen LogP contribution is -2.46. The molecule has 2 atom stereocenters. The summed E-state index contributed by atoms with van der Waals surface area (Å²) in [6.07, 6.45) is 4.55. The van der Waals surface area contributed by atoms with E-state index in [-0.39, 0.29) is 10.6 Å². The Labute approximate surface area is 118 Å². The standard InChI is InChI=1S/C15H21N3O2/c1-10-11(3-2-4-15(10)18(19)20)9-17-13-5-6-14(17)8-12(16)7-13/h2-4,12-14H,5-9,16H2,1H3. The molecule has 5 heteroatoms. The normalized spacial score (nSPS) is 29.6. The third kappa shape index (κ3) is 2.31. The largest absolute Gasteiger partial charge is 0.328 e. The van der Waals surface area contributed by atoms with Gasteiger partial charge in [-0.2, -0.15) is 0 Å². The van der Waals surface area contributed by atoms with E-state index < -0.39 is 0 Å². The molecule has 5 nitrogen and oxygen atoms in total. The fourth-order valence-corrected chi connectivity index (χ4v) is 3.81. The van der Waals surface area contributed by atoms with Crippen molar-refractivity contribution in [3.8, 4) is 0 Å². The molecule has 20 heavy (non-hydrogen) atoms. The number of nitrogens with two attached hydrogens (primary N) is 1. The highest BCUT2D eigenvalue weighted by molar-refractivity contribution is 5.44. The number of nitro groups is 1. The summed E-state index contributed by atoms with van der Waals surface area (Å²) < 4.78 is 0. The third-order valence-electron chi connectivity index (χ3n) is 4.89. The fraction of sp³-hybridized carbons (Fsp3) is 0.600. The number of nitro benzene ring substituents is 1. The summed E-state index contributed by atoms with van der Waals surface area (Å²) in [6.45, 7) is 2.67. The van der Waals surface area contributed by atoms with Crippen molar-refractivity contribution in [1.29, 1.82) is 0 Å². The molecule has 2 unspecified atom stereocenters. The number of fused-ring (bicyclic) bond motifs is 2. The summed E-state index contributed by atoms with van der Waals surface area (Å²) in [6, 6.07) is 6.83. The Morgan fingerprint density at radius 2 is 2.00 bits per heavy atom. The quantitative estimate of drug-likeness (QED) is 0.679. The van der Waals surface area contributed by atoms with Gasteiger partial charge in [0, 0.05) is 36.3 Å². The maximum absolute atomic E-state index is 11.0. The summed E-state index contributed by atoms with van der Waals surface area (Å²) in [4.78, 5) is 13.2. The lowest BCUT2D eigenvalue weighted by molar-refractivity contribution is -0.385. The molecule has 3 rings (SSSR count). The molecule has 108 valence electrons. The van der Waals surface area contributed by atoms with Gasteiger partial charge in [-0.1, -0.05) is 12.1 Å². The Balaban J connectivity index is 1.82. The van der Waals surface area contributed by atoms with Gasteiger partial charge in [0.1, 0.15) is 0 Å². The summed E-state index contributed by atoms with van der Waals surface area (Å²) in [5.41, 5.74) is 8.19. The molecule has 0 amide bonds. The maximum Gasteiger partial charge on any atom is 0.272 e. The van der Waals surface area contributed by atoms with Gasteiger partial charge in [-0.05, 0) is 38.2 Å². The van der Waals surface area contributed by atoms with Crippen LogP contribution in [0.4, 0.5) is 5.69 Å². The predicted molar refractivity (Wildman–Crippen MR) is 77.4 cm³/mol. The first kappa shape index (κ1) is 13.5. The topological polar surface area (TPSA) is 72.4 Å². The first-order valence-electron chi connectivity index (χ1n) is 7.30.